The maximum absolute atomic E-state index is 14.5. The number of phenolic OH excluding ortho intramolecular Hbond substituents is 1. The minimum absolute atomic E-state index is 0.0742. The lowest BCUT2D eigenvalue weighted by Gasteiger charge is -2.37. The van der Waals surface area contributed by atoms with Crippen molar-refractivity contribution in [2.75, 3.05) is 30.3 Å². The molecular weight excluding hydrogens is 779 g/mol. The van der Waals surface area contributed by atoms with Gasteiger partial charge in [0.1, 0.15) is 12.1 Å². The Morgan fingerprint density at radius 2 is 1.71 bits per heavy atom. The fraction of sp³-hybridized carbons (Fsp3) is 0.439. The monoisotopic (exact) mass is 825 g/mol. The van der Waals surface area contributed by atoms with Gasteiger partial charge in [-0.25, -0.2) is 4.39 Å². The zero-order valence-corrected chi connectivity index (χ0v) is 33.3. The average Bonchev–Trinajstić information content (AvgIpc) is 3.78. The number of para-hydroxylation sites is 1. The molecule has 2 aromatic heterocycles. The van der Waals surface area contributed by atoms with Crippen LogP contribution in [0.5, 0.6) is 5.75 Å². The van der Waals surface area contributed by atoms with E-state index in [9.17, 15) is 42.2 Å². The molecule has 310 valence electrons. The van der Waals surface area contributed by atoms with Gasteiger partial charge in [0, 0.05) is 42.9 Å². The van der Waals surface area contributed by atoms with E-state index < -0.39 is 65.1 Å². The summed E-state index contributed by atoms with van der Waals surface area (Å²) in [6.45, 7) is 7.76. The molecule has 6 rings (SSSR count). The predicted molar refractivity (Wildman–Crippen MR) is 212 cm³/mol. The van der Waals surface area contributed by atoms with Gasteiger partial charge in [-0.05, 0) is 77.4 Å². The van der Waals surface area contributed by atoms with Gasteiger partial charge in [-0.3, -0.25) is 14.4 Å². The van der Waals surface area contributed by atoms with Gasteiger partial charge in [0.2, 0.25) is 17.7 Å². The standard InChI is InChI=1S/C41H47F4N7O5S/c1-22-14-17-58-34(22)24-8-10-25(11-9-24)35(41(43,44)45)48-38(56)31-19-26(53)21-52(31)39(57)36(40(2,3)4)47-32(54)18-23-12-15-51(16-13-23)30-20-29(49-50-37(30)46)27-6-5-7-28(42)33(27)55/h5-11,14,17,20,23,26,31,35-36,53,55H,12-13,15-16,18-19,21H2,1-4H3,(H2,46,50)(H,47,54)(H,48,56)/t26-,31+,35?,36-/m1/s1. The van der Waals surface area contributed by atoms with Gasteiger partial charge in [-0.1, -0.05) is 51.1 Å². The number of nitrogen functional groups attached to an aromatic ring is 1. The second-order valence-corrected chi connectivity index (χ2v) is 17.0. The van der Waals surface area contributed by atoms with Crippen LogP contribution in [0.25, 0.3) is 21.7 Å². The van der Waals surface area contributed by atoms with Gasteiger partial charge in [-0.2, -0.15) is 13.2 Å². The smallest absolute Gasteiger partial charge is 0.412 e. The summed E-state index contributed by atoms with van der Waals surface area (Å²) in [5.41, 5.74) is 7.76. The van der Waals surface area contributed by atoms with Crippen LogP contribution < -0.4 is 21.3 Å². The molecule has 4 heterocycles. The van der Waals surface area contributed by atoms with Gasteiger partial charge in [-0.15, -0.1) is 21.5 Å². The van der Waals surface area contributed by atoms with Crippen LogP contribution in [-0.4, -0.2) is 87.0 Å². The first-order chi connectivity index (χ1) is 27.3. The summed E-state index contributed by atoms with van der Waals surface area (Å²) in [6.07, 6.45) is -5.09. The van der Waals surface area contributed by atoms with E-state index in [1.807, 2.05) is 23.3 Å². The first-order valence-electron chi connectivity index (χ1n) is 19.0. The van der Waals surface area contributed by atoms with E-state index in [4.69, 9.17) is 5.73 Å². The second-order valence-electron chi connectivity index (χ2n) is 16.1. The van der Waals surface area contributed by atoms with Crippen molar-refractivity contribution in [3.63, 3.8) is 0 Å². The zero-order chi connectivity index (χ0) is 42.1. The number of hydrogen-bond donors (Lipinski definition) is 5. The Kier molecular flexibility index (Phi) is 12.3. The number of anilines is 2. The fourth-order valence-electron chi connectivity index (χ4n) is 7.57. The number of aliphatic hydroxyl groups excluding tert-OH is 1. The molecule has 0 bridgehead atoms. The maximum atomic E-state index is 14.5. The number of aryl methyl sites for hydroxylation is 1. The molecule has 2 saturated heterocycles. The third-order valence-electron chi connectivity index (χ3n) is 10.8. The van der Waals surface area contributed by atoms with Crippen LogP contribution in [0.1, 0.15) is 63.6 Å². The first-order valence-corrected chi connectivity index (χ1v) is 19.8. The molecule has 1 unspecified atom stereocenters. The molecular formula is C41H47F4N7O5S. The number of aromatic hydroxyl groups is 1. The Morgan fingerprint density at radius 1 is 1.02 bits per heavy atom. The molecule has 12 nitrogen and oxygen atoms in total. The SMILES string of the molecule is Cc1ccsc1-c1ccc(C(NC(=O)[C@@H]2C[C@@H](O)CN2C(=O)[C@@H](NC(=O)CC2CCN(c3cc(-c4cccc(F)c4O)nnc3N)CC2)C(C)(C)C)C(F)(F)F)cc1. The normalized spacial score (nSPS) is 18.8. The highest BCUT2D eigenvalue weighted by atomic mass is 32.1. The summed E-state index contributed by atoms with van der Waals surface area (Å²) >= 11 is 1.47. The number of likely N-dealkylation sites (tertiary alicyclic amines) is 1. The number of alkyl halides is 3. The van der Waals surface area contributed by atoms with Gasteiger partial charge >= 0.3 is 6.18 Å². The number of β-amino-alcohol motifs (C(OH)–C–C–N with tert-alkyl or cyclic N) is 1. The number of aromatic nitrogens is 2. The summed E-state index contributed by atoms with van der Waals surface area (Å²) < 4.78 is 57.4. The number of benzene rings is 2. The van der Waals surface area contributed by atoms with E-state index in [1.54, 1.807) is 39.0 Å². The number of phenols is 1. The van der Waals surface area contributed by atoms with Crippen molar-refractivity contribution in [2.24, 2.45) is 11.3 Å². The fourth-order valence-corrected chi connectivity index (χ4v) is 8.50. The number of hydrogen-bond acceptors (Lipinski definition) is 10. The van der Waals surface area contributed by atoms with Gasteiger partial charge in [0.25, 0.3) is 0 Å². The molecule has 2 aliphatic heterocycles. The Labute approximate surface area is 337 Å². The molecule has 0 aliphatic carbocycles. The molecule has 2 aromatic carbocycles. The predicted octanol–water partition coefficient (Wildman–Crippen LogP) is 6.13. The van der Waals surface area contributed by atoms with Crippen molar-refractivity contribution in [3.05, 3.63) is 76.9 Å². The number of carbonyl (C=O) groups is 3. The van der Waals surface area contributed by atoms with Crippen LogP contribution in [0.4, 0.5) is 29.1 Å². The van der Waals surface area contributed by atoms with Crippen molar-refractivity contribution in [3.8, 4) is 27.4 Å². The van der Waals surface area contributed by atoms with E-state index in [0.717, 1.165) is 27.0 Å². The molecule has 0 saturated carbocycles. The van der Waals surface area contributed by atoms with Crippen LogP contribution in [0.2, 0.25) is 0 Å². The quantitative estimate of drug-likeness (QED) is 0.118. The molecule has 4 atom stereocenters. The lowest BCUT2D eigenvalue weighted by atomic mass is 9.85. The number of carbonyl (C=O) groups excluding carboxylic acids is 3. The largest absolute Gasteiger partial charge is 0.504 e. The molecule has 0 radical (unpaired) electrons. The number of nitrogens with one attached hydrogen (secondary N) is 2. The number of aliphatic hydroxyl groups is 1. The highest BCUT2D eigenvalue weighted by Gasteiger charge is 2.48. The Hall–Kier alpha value is -5.29. The number of thiophene rings is 1. The molecule has 17 heteroatoms. The second kappa shape index (κ2) is 16.9. The number of halogens is 4. The van der Waals surface area contributed by atoms with Crippen LogP contribution in [0.15, 0.2) is 60.0 Å². The van der Waals surface area contributed by atoms with Crippen molar-refractivity contribution >= 4 is 40.6 Å². The van der Waals surface area contributed by atoms with E-state index in [0.29, 0.717) is 31.6 Å². The van der Waals surface area contributed by atoms with E-state index >= 15 is 0 Å². The average molecular weight is 826 g/mol. The molecule has 2 fully saturated rings. The lowest BCUT2D eigenvalue weighted by Crippen LogP contribution is -2.58. The minimum Gasteiger partial charge on any atom is -0.504 e. The Morgan fingerprint density at radius 3 is 2.33 bits per heavy atom. The molecule has 4 aromatic rings. The highest BCUT2D eigenvalue weighted by Crippen LogP contribution is 2.37. The van der Waals surface area contributed by atoms with Crippen molar-refractivity contribution < 1.29 is 42.2 Å². The number of nitrogens with zero attached hydrogens (tertiary/aromatic N) is 4. The Bertz CT molecular complexity index is 2130. The molecule has 0 spiro atoms. The third-order valence-corrected chi connectivity index (χ3v) is 11.8. The third kappa shape index (κ3) is 9.36. The summed E-state index contributed by atoms with van der Waals surface area (Å²) in [4.78, 5) is 45.2. The van der Waals surface area contributed by atoms with Crippen LogP contribution in [0, 0.1) is 24.1 Å². The number of nitrogens with two attached hydrogens (primary N) is 1. The molecule has 3 amide bonds. The lowest BCUT2D eigenvalue weighted by molar-refractivity contribution is -0.165. The molecule has 58 heavy (non-hydrogen) atoms. The first kappa shape index (κ1) is 42.3. The Balaban J connectivity index is 1.10. The number of piperidine rings is 1. The number of rotatable bonds is 10. The van der Waals surface area contributed by atoms with Crippen molar-refractivity contribution in [2.45, 2.75) is 83.8 Å². The van der Waals surface area contributed by atoms with E-state index in [1.165, 1.54) is 35.6 Å². The van der Waals surface area contributed by atoms with Gasteiger partial charge in [0.05, 0.1) is 17.5 Å². The van der Waals surface area contributed by atoms with Crippen LogP contribution in [-0.2, 0) is 14.4 Å². The molecule has 6 N–H and O–H groups in total. The summed E-state index contributed by atoms with van der Waals surface area (Å²) in [5, 5.41) is 35.7. The molecule has 2 aliphatic rings. The van der Waals surface area contributed by atoms with Crippen molar-refractivity contribution in [1.29, 1.82) is 0 Å². The van der Waals surface area contributed by atoms with Crippen LogP contribution >= 0.6 is 11.3 Å². The topological polar surface area (TPSA) is 174 Å². The van der Waals surface area contributed by atoms with Crippen LogP contribution in [0.3, 0.4) is 0 Å². The zero-order valence-electron chi connectivity index (χ0n) is 32.5. The van der Waals surface area contributed by atoms with Crippen molar-refractivity contribution in [1.82, 2.24) is 25.7 Å². The summed E-state index contributed by atoms with van der Waals surface area (Å²) in [6, 6.07) is 8.47. The number of amides is 3. The van der Waals surface area contributed by atoms with E-state index in [2.05, 4.69) is 20.8 Å². The van der Waals surface area contributed by atoms with Gasteiger partial charge < -0.3 is 36.4 Å². The van der Waals surface area contributed by atoms with Gasteiger partial charge in [0.15, 0.2) is 23.4 Å². The summed E-state index contributed by atoms with van der Waals surface area (Å²) in [5.74, 6) is -3.46. The minimum atomic E-state index is -4.86. The summed E-state index contributed by atoms with van der Waals surface area (Å²) in [7, 11) is 0. The van der Waals surface area contributed by atoms with E-state index in [-0.39, 0.29) is 47.9 Å². The highest BCUT2D eigenvalue weighted by molar-refractivity contribution is 7.13. The maximum Gasteiger partial charge on any atom is 0.412 e.